The lowest BCUT2D eigenvalue weighted by atomic mass is 9.69. The quantitative estimate of drug-likeness (QED) is 0.835. The van der Waals surface area contributed by atoms with Crippen molar-refractivity contribution in [1.82, 2.24) is 5.32 Å². The highest BCUT2D eigenvalue weighted by atomic mass is 16.3. The van der Waals surface area contributed by atoms with Crippen molar-refractivity contribution in [2.45, 2.75) is 71.4 Å². The van der Waals surface area contributed by atoms with E-state index in [0.717, 1.165) is 12.3 Å². The predicted molar refractivity (Wildman–Crippen MR) is 87.5 cm³/mol. The molecule has 0 saturated heterocycles. The molecule has 21 heavy (non-hydrogen) atoms. The number of aromatic hydroxyl groups is 1. The fourth-order valence-electron chi connectivity index (χ4n) is 4.40. The molecule has 1 fully saturated rings. The van der Waals surface area contributed by atoms with Crippen LogP contribution in [0.4, 0.5) is 0 Å². The molecule has 0 aliphatic heterocycles. The Morgan fingerprint density at radius 3 is 2.62 bits per heavy atom. The molecule has 0 radical (unpaired) electrons. The molecule has 0 spiro atoms. The summed E-state index contributed by atoms with van der Waals surface area (Å²) in [7, 11) is 0. The van der Waals surface area contributed by atoms with Gasteiger partial charge in [-0.2, -0.15) is 0 Å². The summed E-state index contributed by atoms with van der Waals surface area (Å²) < 4.78 is 0. The second-order valence-corrected chi connectivity index (χ2v) is 8.00. The minimum atomic E-state index is 0.383. The maximum absolute atomic E-state index is 9.63. The van der Waals surface area contributed by atoms with Crippen molar-refractivity contribution in [3.8, 4) is 5.75 Å². The van der Waals surface area contributed by atoms with Crippen LogP contribution in [0.1, 0.15) is 70.0 Å². The summed E-state index contributed by atoms with van der Waals surface area (Å²) in [6, 6.07) is 7.02. The standard InChI is InChI=1S/C19H29NO/c1-19(2,3)16-6-4-5-7-18(16)20-17-11-8-13-12-14(21)9-10-15(13)17/h9-10,12,16-18,20-21H,4-8,11H2,1-3H3. The smallest absolute Gasteiger partial charge is 0.115 e. The molecule has 3 atom stereocenters. The second-order valence-electron chi connectivity index (χ2n) is 8.00. The van der Waals surface area contributed by atoms with Crippen LogP contribution < -0.4 is 5.32 Å². The maximum Gasteiger partial charge on any atom is 0.115 e. The molecule has 1 aromatic rings. The number of phenols is 1. The number of hydrogen-bond donors (Lipinski definition) is 2. The van der Waals surface area contributed by atoms with Gasteiger partial charge >= 0.3 is 0 Å². The zero-order valence-electron chi connectivity index (χ0n) is 13.7. The molecule has 3 rings (SSSR count). The average Bonchev–Trinajstić information content (AvgIpc) is 2.80. The number of phenolic OH excluding ortho intramolecular Hbond substituents is 1. The first-order valence-corrected chi connectivity index (χ1v) is 8.53. The van der Waals surface area contributed by atoms with E-state index in [1.807, 2.05) is 12.1 Å². The van der Waals surface area contributed by atoms with Crippen LogP contribution in [0, 0.1) is 11.3 Å². The Kier molecular flexibility index (Phi) is 4.00. The third-order valence-electron chi connectivity index (χ3n) is 5.50. The largest absolute Gasteiger partial charge is 0.508 e. The molecule has 116 valence electrons. The van der Waals surface area contributed by atoms with E-state index in [1.54, 1.807) is 0 Å². The molecule has 0 amide bonds. The van der Waals surface area contributed by atoms with Gasteiger partial charge in [-0.15, -0.1) is 0 Å². The van der Waals surface area contributed by atoms with E-state index in [0.29, 0.717) is 23.2 Å². The van der Waals surface area contributed by atoms with Gasteiger partial charge in [0.15, 0.2) is 0 Å². The van der Waals surface area contributed by atoms with E-state index in [9.17, 15) is 5.11 Å². The SMILES string of the molecule is CC(C)(C)C1CCCCC1NC1CCc2cc(O)ccc21. The first kappa shape index (κ1) is 14.9. The Morgan fingerprint density at radius 1 is 1.10 bits per heavy atom. The number of fused-ring (bicyclic) bond motifs is 1. The summed E-state index contributed by atoms with van der Waals surface area (Å²) in [5.41, 5.74) is 3.12. The zero-order valence-corrected chi connectivity index (χ0v) is 13.7. The summed E-state index contributed by atoms with van der Waals surface area (Å²) in [4.78, 5) is 0. The molecular weight excluding hydrogens is 258 g/mol. The molecule has 0 bridgehead atoms. The summed E-state index contributed by atoms with van der Waals surface area (Å²) in [6.45, 7) is 7.16. The lowest BCUT2D eigenvalue weighted by molar-refractivity contribution is 0.123. The van der Waals surface area contributed by atoms with Gasteiger partial charge < -0.3 is 10.4 Å². The molecule has 1 aromatic carbocycles. The Morgan fingerprint density at radius 2 is 1.86 bits per heavy atom. The molecule has 1 saturated carbocycles. The van der Waals surface area contributed by atoms with Gasteiger partial charge in [0.1, 0.15) is 5.75 Å². The van der Waals surface area contributed by atoms with Crippen LogP contribution in [0.3, 0.4) is 0 Å². The normalized spacial score (nSPS) is 29.4. The van der Waals surface area contributed by atoms with Crippen LogP contribution in [0.15, 0.2) is 18.2 Å². The van der Waals surface area contributed by atoms with Crippen molar-refractivity contribution in [2.75, 3.05) is 0 Å². The van der Waals surface area contributed by atoms with Gasteiger partial charge in [-0.05, 0) is 60.3 Å². The van der Waals surface area contributed by atoms with Gasteiger partial charge in [-0.1, -0.05) is 39.7 Å². The van der Waals surface area contributed by atoms with E-state index in [2.05, 4.69) is 32.2 Å². The Balaban J connectivity index is 1.75. The molecule has 2 heteroatoms. The van der Waals surface area contributed by atoms with Crippen molar-refractivity contribution in [3.63, 3.8) is 0 Å². The Labute approximate surface area is 129 Å². The number of rotatable bonds is 2. The highest BCUT2D eigenvalue weighted by Gasteiger charge is 2.36. The fraction of sp³-hybridized carbons (Fsp3) is 0.684. The first-order valence-electron chi connectivity index (χ1n) is 8.53. The summed E-state index contributed by atoms with van der Waals surface area (Å²) in [6.07, 6.45) is 7.68. The Hall–Kier alpha value is -1.02. The van der Waals surface area contributed by atoms with Gasteiger partial charge in [0, 0.05) is 12.1 Å². The molecule has 0 aromatic heterocycles. The zero-order chi connectivity index (χ0) is 15.0. The van der Waals surface area contributed by atoms with E-state index in [-0.39, 0.29) is 0 Å². The number of hydrogen-bond acceptors (Lipinski definition) is 2. The number of benzene rings is 1. The van der Waals surface area contributed by atoms with Crippen LogP contribution in [-0.2, 0) is 6.42 Å². The van der Waals surface area contributed by atoms with E-state index < -0.39 is 0 Å². The molecule has 2 aliphatic rings. The highest BCUT2D eigenvalue weighted by Crippen LogP contribution is 2.41. The predicted octanol–water partition coefficient (Wildman–Crippen LogP) is 4.57. The fourth-order valence-corrected chi connectivity index (χ4v) is 4.40. The van der Waals surface area contributed by atoms with Crippen LogP contribution in [0.2, 0.25) is 0 Å². The van der Waals surface area contributed by atoms with Gasteiger partial charge in [0.2, 0.25) is 0 Å². The van der Waals surface area contributed by atoms with Crippen molar-refractivity contribution in [2.24, 2.45) is 11.3 Å². The minimum absolute atomic E-state index is 0.383. The van der Waals surface area contributed by atoms with E-state index >= 15 is 0 Å². The monoisotopic (exact) mass is 287 g/mol. The van der Waals surface area contributed by atoms with Crippen molar-refractivity contribution < 1.29 is 5.11 Å². The molecule has 0 heterocycles. The third kappa shape index (κ3) is 3.11. The van der Waals surface area contributed by atoms with Crippen LogP contribution in [0.5, 0.6) is 5.75 Å². The van der Waals surface area contributed by atoms with Gasteiger partial charge in [0.25, 0.3) is 0 Å². The van der Waals surface area contributed by atoms with Crippen LogP contribution >= 0.6 is 0 Å². The number of aryl methyl sites for hydroxylation is 1. The van der Waals surface area contributed by atoms with E-state index in [4.69, 9.17) is 0 Å². The molecule has 3 unspecified atom stereocenters. The molecule has 2 nitrogen and oxygen atoms in total. The third-order valence-corrected chi connectivity index (χ3v) is 5.50. The Bertz CT molecular complexity index is 503. The molecule has 2 aliphatic carbocycles. The van der Waals surface area contributed by atoms with Gasteiger partial charge in [0.05, 0.1) is 0 Å². The average molecular weight is 287 g/mol. The van der Waals surface area contributed by atoms with Crippen molar-refractivity contribution in [1.29, 1.82) is 0 Å². The second kappa shape index (κ2) is 5.64. The lowest BCUT2D eigenvalue weighted by Crippen LogP contribution is -2.45. The first-order chi connectivity index (χ1) is 9.95. The summed E-state index contributed by atoms with van der Waals surface area (Å²) in [5, 5.41) is 13.6. The van der Waals surface area contributed by atoms with Gasteiger partial charge in [-0.3, -0.25) is 0 Å². The summed E-state index contributed by atoms with van der Waals surface area (Å²) >= 11 is 0. The minimum Gasteiger partial charge on any atom is -0.508 e. The highest BCUT2D eigenvalue weighted by molar-refractivity contribution is 5.40. The molecule has 2 N–H and O–H groups in total. The van der Waals surface area contributed by atoms with Crippen LogP contribution in [0.25, 0.3) is 0 Å². The lowest BCUT2D eigenvalue weighted by Gasteiger charge is -2.42. The number of nitrogens with one attached hydrogen (secondary N) is 1. The van der Waals surface area contributed by atoms with Gasteiger partial charge in [-0.25, -0.2) is 0 Å². The van der Waals surface area contributed by atoms with Crippen LogP contribution in [-0.4, -0.2) is 11.1 Å². The molecular formula is C19H29NO. The van der Waals surface area contributed by atoms with Crippen molar-refractivity contribution in [3.05, 3.63) is 29.3 Å². The van der Waals surface area contributed by atoms with Crippen molar-refractivity contribution >= 4 is 0 Å². The topological polar surface area (TPSA) is 32.3 Å². The summed E-state index contributed by atoms with van der Waals surface area (Å²) in [5.74, 6) is 1.17. The maximum atomic E-state index is 9.63. The van der Waals surface area contributed by atoms with E-state index in [1.165, 1.54) is 43.2 Å².